The summed E-state index contributed by atoms with van der Waals surface area (Å²) < 4.78 is 34.4. The van der Waals surface area contributed by atoms with Crippen LogP contribution in [0, 0.1) is 17.0 Å². The van der Waals surface area contributed by atoms with Gasteiger partial charge in [0.25, 0.3) is 0 Å². The molecule has 206 valence electrons. The lowest BCUT2D eigenvalue weighted by molar-refractivity contribution is -0.189. The molecule has 2 atom stereocenters. The van der Waals surface area contributed by atoms with E-state index in [1.54, 1.807) is 24.7 Å². The van der Waals surface area contributed by atoms with Crippen LogP contribution in [0.15, 0.2) is 48.9 Å². The van der Waals surface area contributed by atoms with Crippen molar-refractivity contribution < 1.29 is 18.6 Å². The van der Waals surface area contributed by atoms with Gasteiger partial charge in [-0.25, -0.2) is 28.7 Å². The molecule has 4 heterocycles. The predicted molar refractivity (Wildman–Crippen MR) is 143 cm³/mol. The molecule has 3 aromatic heterocycles. The Morgan fingerprint density at radius 1 is 1.00 bits per heavy atom. The molecule has 6 rings (SSSR count). The molecule has 1 aliphatic heterocycles. The van der Waals surface area contributed by atoms with E-state index in [-0.39, 0.29) is 35.8 Å². The highest BCUT2D eigenvalue weighted by Crippen LogP contribution is 2.56. The largest absolute Gasteiger partial charge is 0.377 e. The van der Waals surface area contributed by atoms with E-state index in [1.807, 2.05) is 6.07 Å². The summed E-state index contributed by atoms with van der Waals surface area (Å²) in [7, 11) is 0. The van der Waals surface area contributed by atoms with E-state index in [0.29, 0.717) is 17.2 Å². The zero-order valence-electron chi connectivity index (χ0n) is 22.8. The van der Waals surface area contributed by atoms with Gasteiger partial charge in [0.15, 0.2) is 17.2 Å². The highest BCUT2D eigenvalue weighted by molar-refractivity contribution is 5.62. The van der Waals surface area contributed by atoms with Crippen molar-refractivity contribution in [3.05, 3.63) is 83.3 Å². The summed E-state index contributed by atoms with van der Waals surface area (Å²) in [6, 6.07) is 7.45. The fourth-order valence-corrected chi connectivity index (χ4v) is 5.94. The van der Waals surface area contributed by atoms with Gasteiger partial charge >= 0.3 is 0 Å². The van der Waals surface area contributed by atoms with Gasteiger partial charge in [-0.3, -0.25) is 0 Å². The van der Waals surface area contributed by atoms with Crippen LogP contribution >= 0.6 is 0 Å². The van der Waals surface area contributed by atoms with Crippen molar-refractivity contribution in [3.63, 3.8) is 0 Å². The number of rotatable bonds is 5. The molecule has 0 bridgehead atoms. The van der Waals surface area contributed by atoms with Crippen molar-refractivity contribution in [2.75, 3.05) is 13.2 Å². The molecule has 1 aliphatic carbocycles. The Labute approximate surface area is 230 Å². The van der Waals surface area contributed by atoms with Gasteiger partial charge in [0.2, 0.25) is 0 Å². The predicted octanol–water partition coefficient (Wildman–Crippen LogP) is 5.12. The van der Waals surface area contributed by atoms with Crippen LogP contribution in [0.3, 0.4) is 0 Å². The second-order valence-corrected chi connectivity index (χ2v) is 11.5. The molecule has 1 N–H and O–H groups in total. The molecular weight excluding hydrogens is 514 g/mol. The van der Waals surface area contributed by atoms with Gasteiger partial charge in [-0.1, -0.05) is 26.8 Å². The summed E-state index contributed by atoms with van der Waals surface area (Å²) in [6.07, 6.45) is 6.55. The van der Waals surface area contributed by atoms with Gasteiger partial charge in [-0.15, -0.1) is 5.10 Å². The molecule has 0 radical (unpaired) electrons. The number of aliphatic hydroxyl groups is 1. The third kappa shape index (κ3) is 4.00. The van der Waals surface area contributed by atoms with Crippen LogP contribution in [0.2, 0.25) is 0 Å². The fourth-order valence-electron chi connectivity index (χ4n) is 5.94. The van der Waals surface area contributed by atoms with Crippen molar-refractivity contribution in [3.8, 4) is 22.6 Å². The summed E-state index contributed by atoms with van der Waals surface area (Å²) >= 11 is 0. The van der Waals surface area contributed by atoms with Crippen LogP contribution in [0.5, 0.6) is 0 Å². The molecule has 8 nitrogen and oxygen atoms in total. The van der Waals surface area contributed by atoms with Crippen molar-refractivity contribution >= 4 is 0 Å². The molecule has 4 aromatic rings. The summed E-state index contributed by atoms with van der Waals surface area (Å²) in [4.78, 5) is 18.1. The number of halogens is 2. The first kappa shape index (κ1) is 26.5. The maximum absolute atomic E-state index is 14.7. The number of nitrogens with zero attached hydrogens (tertiary/aromatic N) is 6. The molecule has 0 amide bonds. The Morgan fingerprint density at radius 3 is 2.33 bits per heavy atom. The first-order valence-electron chi connectivity index (χ1n) is 13.4. The maximum Gasteiger partial charge on any atom is 0.170 e. The molecule has 0 saturated carbocycles. The van der Waals surface area contributed by atoms with Gasteiger partial charge in [0.05, 0.1) is 46.8 Å². The molecule has 1 fully saturated rings. The lowest BCUT2D eigenvalue weighted by atomic mass is 9.54. The van der Waals surface area contributed by atoms with E-state index < -0.39 is 22.7 Å². The monoisotopic (exact) mass is 544 g/mol. The van der Waals surface area contributed by atoms with E-state index in [0.717, 1.165) is 29.8 Å². The summed E-state index contributed by atoms with van der Waals surface area (Å²) in [5.41, 5.74) is 0.856. The van der Waals surface area contributed by atoms with Gasteiger partial charge in [0.1, 0.15) is 11.6 Å². The number of ether oxygens (including phenoxy) is 1. The van der Waals surface area contributed by atoms with Gasteiger partial charge in [0, 0.05) is 18.6 Å². The highest BCUT2D eigenvalue weighted by atomic mass is 19.1. The summed E-state index contributed by atoms with van der Waals surface area (Å²) in [5.74, 6) is -0.476. The minimum Gasteiger partial charge on any atom is -0.377 e. The Bertz CT molecular complexity index is 1570. The second-order valence-electron chi connectivity index (χ2n) is 11.5. The van der Waals surface area contributed by atoms with Crippen LogP contribution in [0.1, 0.15) is 69.2 Å². The molecule has 40 heavy (non-hydrogen) atoms. The number of hydrogen-bond acceptors (Lipinski definition) is 8. The Kier molecular flexibility index (Phi) is 6.23. The van der Waals surface area contributed by atoms with Gasteiger partial charge < -0.3 is 9.84 Å². The molecule has 0 unspecified atom stereocenters. The quantitative estimate of drug-likeness (QED) is 0.369. The second kappa shape index (κ2) is 9.42. The van der Waals surface area contributed by atoms with Crippen LogP contribution in [0.4, 0.5) is 8.78 Å². The lowest BCUT2D eigenvalue weighted by Gasteiger charge is -2.50. The number of aromatic nitrogens is 6. The van der Waals surface area contributed by atoms with Crippen molar-refractivity contribution in [2.24, 2.45) is 5.41 Å². The number of hydrogen-bond donors (Lipinski definition) is 1. The van der Waals surface area contributed by atoms with E-state index in [9.17, 15) is 13.9 Å². The molecule has 0 spiro atoms. The van der Waals surface area contributed by atoms with E-state index in [4.69, 9.17) is 9.72 Å². The molecule has 2 aliphatic rings. The zero-order valence-corrected chi connectivity index (χ0v) is 22.8. The zero-order chi connectivity index (χ0) is 28.3. The first-order valence-corrected chi connectivity index (χ1v) is 13.4. The van der Waals surface area contributed by atoms with E-state index in [2.05, 4.69) is 52.8 Å². The third-order valence-electron chi connectivity index (χ3n) is 8.73. The van der Waals surface area contributed by atoms with Crippen LogP contribution in [-0.2, 0) is 15.8 Å². The van der Waals surface area contributed by atoms with E-state index >= 15 is 0 Å². The average molecular weight is 545 g/mol. The molecule has 10 heteroatoms. The van der Waals surface area contributed by atoms with Crippen molar-refractivity contribution in [1.82, 2.24) is 30.1 Å². The van der Waals surface area contributed by atoms with Crippen molar-refractivity contribution in [2.45, 2.75) is 57.5 Å². The maximum atomic E-state index is 14.7. The minimum atomic E-state index is -1.16. The number of benzene rings is 1. The standard InChI is InChI=1S/C30H30F2N6O2/c1-5-17-12-28(2,3)29(4,25-19(17)11-22(37-38-25)24-20(31)7-6-8-21(24)32)23-9-10-33-26(36-23)18-13-34-27(35-14-18)30(39)15-40-16-30/h6-11,13-14,17,39H,5,12,15-16H2,1-4H3/t17-,29+/m1/s1. The van der Waals surface area contributed by atoms with E-state index in [1.165, 1.54) is 18.2 Å². The van der Waals surface area contributed by atoms with Crippen LogP contribution in [0.25, 0.3) is 22.6 Å². The van der Waals surface area contributed by atoms with Gasteiger partial charge in [-0.05, 0) is 60.9 Å². The third-order valence-corrected chi connectivity index (χ3v) is 8.73. The van der Waals surface area contributed by atoms with Crippen LogP contribution < -0.4 is 0 Å². The lowest BCUT2D eigenvalue weighted by Crippen LogP contribution is -2.47. The minimum absolute atomic E-state index is 0.130. The van der Waals surface area contributed by atoms with Crippen LogP contribution in [-0.4, -0.2) is 48.5 Å². The first-order chi connectivity index (χ1) is 19.1. The average Bonchev–Trinajstić information content (AvgIpc) is 2.93. The smallest absolute Gasteiger partial charge is 0.170 e. The Hall–Kier alpha value is -3.76. The fraction of sp³-hybridized carbons (Fsp3) is 0.400. The number of fused-ring (bicyclic) bond motifs is 1. The molecule has 1 saturated heterocycles. The SMILES string of the molecule is CC[C@@H]1CC(C)(C)[C@@](C)(c2ccnc(-c3cnc(C4(O)COC4)nc3)n2)c2nnc(-c3c(F)cccc3F)cc21. The molecule has 1 aromatic carbocycles. The summed E-state index contributed by atoms with van der Waals surface area (Å²) in [5, 5.41) is 19.5. The van der Waals surface area contributed by atoms with Gasteiger partial charge in [-0.2, -0.15) is 5.10 Å². The summed E-state index contributed by atoms with van der Waals surface area (Å²) in [6.45, 7) is 8.90. The Morgan fingerprint density at radius 2 is 1.70 bits per heavy atom. The molecular formula is C30H30F2N6O2. The normalized spacial score (nSPS) is 22.8. The van der Waals surface area contributed by atoms with Crippen molar-refractivity contribution in [1.29, 1.82) is 0 Å². The topological polar surface area (TPSA) is 107 Å². The Balaban J connectivity index is 1.45. The highest BCUT2D eigenvalue weighted by Gasteiger charge is 2.52.